The lowest BCUT2D eigenvalue weighted by atomic mass is 9.86. The molecule has 6 heteroatoms. The van der Waals surface area contributed by atoms with Crippen molar-refractivity contribution in [2.24, 2.45) is 5.41 Å². The fraction of sp³-hybridized carbons (Fsp3) is 0.778. The summed E-state index contributed by atoms with van der Waals surface area (Å²) >= 11 is 0. The predicted molar refractivity (Wildman–Crippen MR) is 132 cm³/mol. The predicted octanol–water partition coefficient (Wildman–Crippen LogP) is 7.89. The van der Waals surface area contributed by atoms with Crippen molar-refractivity contribution < 1.29 is 23.8 Å². The maximum absolute atomic E-state index is 12.3. The molecule has 0 bridgehead atoms. The Morgan fingerprint density at radius 3 is 2.03 bits per heavy atom. The van der Waals surface area contributed by atoms with Crippen LogP contribution in [0.15, 0.2) is 18.5 Å². The minimum absolute atomic E-state index is 0.150. The lowest BCUT2D eigenvalue weighted by Gasteiger charge is -2.25. The molecular formula is C27H47NO5. The molecule has 0 aliphatic rings. The molecule has 0 saturated carbocycles. The van der Waals surface area contributed by atoms with E-state index >= 15 is 0 Å². The highest BCUT2D eigenvalue weighted by atomic mass is 16.8. The van der Waals surface area contributed by atoms with Crippen LogP contribution in [0.25, 0.3) is 0 Å². The molecule has 190 valence electrons. The first kappa shape index (κ1) is 29.1. The van der Waals surface area contributed by atoms with E-state index in [1.807, 2.05) is 10.8 Å². The summed E-state index contributed by atoms with van der Waals surface area (Å²) in [6.07, 6.45) is 16.1. The van der Waals surface area contributed by atoms with Crippen LogP contribution in [-0.4, -0.2) is 29.1 Å². The summed E-state index contributed by atoms with van der Waals surface area (Å²) in [6, 6.07) is 1.73. The van der Waals surface area contributed by atoms with Gasteiger partial charge in [0.15, 0.2) is 0 Å². The summed E-state index contributed by atoms with van der Waals surface area (Å²) in [7, 11) is 0. The molecule has 1 unspecified atom stereocenters. The van der Waals surface area contributed by atoms with Gasteiger partial charge in [0, 0.05) is 25.9 Å². The monoisotopic (exact) mass is 465 g/mol. The Kier molecular flexibility index (Phi) is 13.9. The van der Waals surface area contributed by atoms with E-state index in [4.69, 9.17) is 14.2 Å². The van der Waals surface area contributed by atoms with Crippen molar-refractivity contribution in [3.05, 3.63) is 24.0 Å². The van der Waals surface area contributed by atoms with E-state index in [1.165, 1.54) is 71.1 Å². The number of unbranched alkanes of at least 4 members (excludes halogenated alkanes) is 9. The Labute approximate surface area is 201 Å². The van der Waals surface area contributed by atoms with Gasteiger partial charge < -0.3 is 18.8 Å². The van der Waals surface area contributed by atoms with Crippen LogP contribution < -0.4 is 0 Å². The van der Waals surface area contributed by atoms with E-state index in [9.17, 15) is 9.59 Å². The fourth-order valence-electron chi connectivity index (χ4n) is 3.92. The van der Waals surface area contributed by atoms with E-state index in [0.29, 0.717) is 5.56 Å². The Balaban J connectivity index is 2.29. The lowest BCUT2D eigenvalue weighted by molar-refractivity contribution is -0.0866. The average molecular weight is 466 g/mol. The highest BCUT2D eigenvalue weighted by molar-refractivity contribution is 5.89. The third-order valence-corrected chi connectivity index (χ3v) is 5.67. The molecule has 33 heavy (non-hydrogen) atoms. The molecule has 0 amide bonds. The summed E-state index contributed by atoms with van der Waals surface area (Å²) in [4.78, 5) is 23.9. The number of hydrogen-bond acceptors (Lipinski definition) is 5. The van der Waals surface area contributed by atoms with Crippen molar-refractivity contribution in [1.29, 1.82) is 0 Å². The molecule has 0 saturated heterocycles. The van der Waals surface area contributed by atoms with E-state index in [-0.39, 0.29) is 11.5 Å². The molecule has 0 radical (unpaired) electrons. The SMILES string of the molecule is CCCCCCCCCCCCC(C)(C)Cn1ccc(C(=O)OC(C)OC(=O)OC(C)C)c1. The number of carbonyl (C=O) groups excluding carboxylic acids is 2. The van der Waals surface area contributed by atoms with Gasteiger partial charge in [-0.2, -0.15) is 0 Å². The summed E-state index contributed by atoms with van der Waals surface area (Å²) in [5.41, 5.74) is 0.592. The Morgan fingerprint density at radius 1 is 0.879 bits per heavy atom. The van der Waals surface area contributed by atoms with Gasteiger partial charge >= 0.3 is 12.1 Å². The average Bonchev–Trinajstić information content (AvgIpc) is 3.16. The van der Waals surface area contributed by atoms with Crippen LogP contribution in [0.5, 0.6) is 0 Å². The molecule has 1 aromatic rings. The molecule has 0 aromatic carbocycles. The molecule has 0 aliphatic heterocycles. The van der Waals surface area contributed by atoms with Gasteiger partial charge in [-0.3, -0.25) is 0 Å². The Morgan fingerprint density at radius 2 is 1.45 bits per heavy atom. The fourth-order valence-corrected chi connectivity index (χ4v) is 3.92. The van der Waals surface area contributed by atoms with E-state index in [2.05, 4.69) is 20.8 Å². The third kappa shape index (κ3) is 14.0. The number of ether oxygens (including phenoxy) is 3. The van der Waals surface area contributed by atoms with Crippen molar-refractivity contribution in [3.63, 3.8) is 0 Å². The van der Waals surface area contributed by atoms with E-state index in [0.717, 1.165) is 13.0 Å². The van der Waals surface area contributed by atoms with Gasteiger partial charge in [0.2, 0.25) is 6.29 Å². The highest BCUT2D eigenvalue weighted by Crippen LogP contribution is 2.27. The van der Waals surface area contributed by atoms with Gasteiger partial charge in [-0.15, -0.1) is 0 Å². The zero-order valence-electron chi connectivity index (χ0n) is 21.9. The second-order valence-corrected chi connectivity index (χ2v) is 10.2. The van der Waals surface area contributed by atoms with Crippen LogP contribution in [-0.2, 0) is 20.8 Å². The summed E-state index contributed by atoms with van der Waals surface area (Å²) < 4.78 is 17.0. The lowest BCUT2D eigenvalue weighted by Crippen LogP contribution is -2.23. The minimum atomic E-state index is -1.01. The molecule has 0 spiro atoms. The molecule has 1 atom stereocenters. The molecule has 1 rings (SSSR count). The van der Waals surface area contributed by atoms with Crippen molar-refractivity contribution in [2.45, 2.75) is 131 Å². The zero-order chi connectivity index (χ0) is 24.7. The van der Waals surface area contributed by atoms with Gasteiger partial charge in [0.25, 0.3) is 0 Å². The maximum atomic E-state index is 12.3. The third-order valence-electron chi connectivity index (χ3n) is 5.67. The molecular weight excluding hydrogens is 418 g/mol. The largest absolute Gasteiger partial charge is 0.511 e. The Bertz CT molecular complexity index is 680. The maximum Gasteiger partial charge on any atom is 0.511 e. The van der Waals surface area contributed by atoms with E-state index < -0.39 is 18.4 Å². The van der Waals surface area contributed by atoms with Crippen molar-refractivity contribution in [3.8, 4) is 0 Å². The summed E-state index contributed by atoms with van der Waals surface area (Å²) in [5, 5.41) is 0. The number of nitrogens with zero attached hydrogens (tertiary/aromatic N) is 1. The smallest absolute Gasteiger partial charge is 0.431 e. The normalized spacial score (nSPS) is 12.6. The van der Waals surface area contributed by atoms with Crippen LogP contribution in [0.1, 0.15) is 123 Å². The van der Waals surface area contributed by atoms with Gasteiger partial charge in [-0.25, -0.2) is 9.59 Å². The topological polar surface area (TPSA) is 66.8 Å². The van der Waals surface area contributed by atoms with E-state index in [1.54, 1.807) is 26.1 Å². The second kappa shape index (κ2) is 15.8. The quantitative estimate of drug-likeness (QED) is 0.133. The van der Waals surface area contributed by atoms with Crippen molar-refractivity contribution in [2.75, 3.05) is 0 Å². The van der Waals surface area contributed by atoms with Crippen LogP contribution in [0, 0.1) is 5.41 Å². The van der Waals surface area contributed by atoms with Crippen LogP contribution in [0.3, 0.4) is 0 Å². The van der Waals surface area contributed by atoms with Gasteiger partial charge in [0.05, 0.1) is 11.7 Å². The molecule has 1 aromatic heterocycles. The number of carbonyl (C=O) groups is 2. The standard InChI is InChI=1S/C27H47NO5/c1-7-8-9-10-11-12-13-14-15-16-18-27(5,6)21-28-19-17-24(20-28)25(29)32-23(4)33-26(30)31-22(2)3/h17,19-20,22-23H,7-16,18,21H2,1-6H3. The van der Waals surface area contributed by atoms with Crippen molar-refractivity contribution >= 4 is 12.1 Å². The zero-order valence-corrected chi connectivity index (χ0v) is 21.9. The Hall–Kier alpha value is -1.98. The molecule has 6 nitrogen and oxygen atoms in total. The molecule has 0 fully saturated rings. The first-order valence-electron chi connectivity index (χ1n) is 12.9. The van der Waals surface area contributed by atoms with Gasteiger partial charge in [-0.05, 0) is 31.7 Å². The number of aromatic nitrogens is 1. The minimum Gasteiger partial charge on any atom is -0.431 e. The number of esters is 1. The first-order chi connectivity index (χ1) is 15.6. The van der Waals surface area contributed by atoms with Gasteiger partial charge in [0.1, 0.15) is 0 Å². The van der Waals surface area contributed by atoms with Crippen LogP contribution >= 0.6 is 0 Å². The number of hydrogen-bond donors (Lipinski definition) is 0. The first-order valence-corrected chi connectivity index (χ1v) is 12.9. The molecule has 0 aliphatic carbocycles. The summed E-state index contributed by atoms with van der Waals surface area (Å²) in [5.74, 6) is -0.522. The van der Waals surface area contributed by atoms with Crippen LogP contribution in [0.4, 0.5) is 4.79 Å². The number of rotatable bonds is 17. The molecule has 1 heterocycles. The highest BCUT2D eigenvalue weighted by Gasteiger charge is 2.21. The second-order valence-electron chi connectivity index (χ2n) is 10.2. The van der Waals surface area contributed by atoms with Gasteiger partial charge in [-0.1, -0.05) is 85.0 Å². The van der Waals surface area contributed by atoms with Crippen molar-refractivity contribution in [1.82, 2.24) is 4.57 Å². The van der Waals surface area contributed by atoms with Crippen LogP contribution in [0.2, 0.25) is 0 Å². The molecule has 0 N–H and O–H groups in total. The summed E-state index contributed by atoms with van der Waals surface area (Å²) in [6.45, 7) is 12.6.